The number of hydrogen-bond donors (Lipinski definition) is 1. The lowest BCUT2D eigenvalue weighted by Gasteiger charge is -2.32. The Hall–Kier alpha value is -2.58. The molecule has 186 valence electrons. The molecule has 0 fully saturated rings. The van der Waals surface area contributed by atoms with Crippen LogP contribution in [0.5, 0.6) is 0 Å². The van der Waals surface area contributed by atoms with Crippen LogP contribution in [0.3, 0.4) is 0 Å². The lowest BCUT2D eigenvalue weighted by atomic mass is 10.1. The van der Waals surface area contributed by atoms with E-state index in [1.807, 2.05) is 33.8 Å². The van der Waals surface area contributed by atoms with Crippen LogP contribution in [-0.2, 0) is 26.2 Å². The topological polar surface area (TPSA) is 86.8 Å². The maximum atomic E-state index is 13.5. The third-order valence-electron chi connectivity index (χ3n) is 5.61. The molecule has 2 atom stereocenters. The average Bonchev–Trinajstić information content (AvgIpc) is 2.74. The van der Waals surface area contributed by atoms with Crippen molar-refractivity contribution in [3.05, 3.63) is 64.2 Å². The summed E-state index contributed by atoms with van der Waals surface area (Å²) in [6.45, 7) is 8.94. The molecule has 0 unspecified atom stereocenters. The van der Waals surface area contributed by atoms with Crippen molar-refractivity contribution in [3.8, 4) is 0 Å². The molecule has 2 aromatic carbocycles. The van der Waals surface area contributed by atoms with E-state index in [2.05, 4.69) is 5.32 Å². The Bertz CT molecular complexity index is 1100. The van der Waals surface area contributed by atoms with Crippen LogP contribution in [-0.4, -0.2) is 50.0 Å². The average molecular weight is 508 g/mol. The number of nitrogens with one attached hydrogen (secondary N) is 1. The van der Waals surface area contributed by atoms with Crippen LogP contribution in [0.15, 0.2) is 42.5 Å². The number of sulfonamides is 1. The molecule has 0 aliphatic heterocycles. The first-order valence-electron chi connectivity index (χ1n) is 11.2. The number of hydrogen-bond acceptors (Lipinski definition) is 4. The summed E-state index contributed by atoms with van der Waals surface area (Å²) < 4.78 is 26.4. The van der Waals surface area contributed by atoms with Gasteiger partial charge in [0.15, 0.2) is 0 Å². The summed E-state index contributed by atoms with van der Waals surface area (Å²) >= 11 is 5.99. The number of nitrogens with zero attached hydrogens (tertiary/aromatic N) is 2. The molecule has 0 aliphatic rings. The molecule has 0 saturated heterocycles. The first kappa shape index (κ1) is 27.7. The van der Waals surface area contributed by atoms with Gasteiger partial charge in [0, 0.05) is 17.6 Å². The predicted molar refractivity (Wildman–Crippen MR) is 137 cm³/mol. The van der Waals surface area contributed by atoms with Gasteiger partial charge in [0.25, 0.3) is 0 Å². The van der Waals surface area contributed by atoms with Gasteiger partial charge < -0.3 is 10.2 Å². The Morgan fingerprint density at radius 1 is 1.03 bits per heavy atom. The molecule has 1 N–H and O–H groups in total. The normalized spacial score (nSPS) is 13.1. The molecular weight excluding hydrogens is 474 g/mol. The van der Waals surface area contributed by atoms with E-state index >= 15 is 0 Å². The quantitative estimate of drug-likeness (QED) is 0.525. The van der Waals surface area contributed by atoms with Crippen LogP contribution in [0, 0.1) is 13.8 Å². The van der Waals surface area contributed by atoms with Crippen molar-refractivity contribution in [1.29, 1.82) is 0 Å². The van der Waals surface area contributed by atoms with Gasteiger partial charge in [-0.1, -0.05) is 36.7 Å². The molecule has 7 nitrogen and oxygen atoms in total. The second-order valence-electron chi connectivity index (χ2n) is 8.76. The van der Waals surface area contributed by atoms with E-state index in [1.165, 1.54) is 4.90 Å². The first-order chi connectivity index (χ1) is 15.8. The molecule has 0 saturated carbocycles. The van der Waals surface area contributed by atoms with Crippen LogP contribution in [0.2, 0.25) is 5.02 Å². The number of anilines is 1. The van der Waals surface area contributed by atoms with Gasteiger partial charge in [-0.15, -0.1) is 0 Å². The van der Waals surface area contributed by atoms with Gasteiger partial charge in [-0.3, -0.25) is 13.9 Å². The zero-order valence-electron chi connectivity index (χ0n) is 20.6. The fourth-order valence-electron chi connectivity index (χ4n) is 3.54. The fourth-order valence-corrected chi connectivity index (χ4v) is 4.50. The van der Waals surface area contributed by atoms with E-state index in [-0.39, 0.29) is 18.5 Å². The van der Waals surface area contributed by atoms with E-state index in [1.54, 1.807) is 43.3 Å². The summed E-state index contributed by atoms with van der Waals surface area (Å²) in [5, 5.41) is 3.46. The summed E-state index contributed by atoms with van der Waals surface area (Å²) in [4.78, 5) is 27.8. The second-order valence-corrected chi connectivity index (χ2v) is 11.1. The Kier molecular flexibility index (Phi) is 9.53. The Balaban J connectivity index is 2.41. The minimum atomic E-state index is -3.76. The van der Waals surface area contributed by atoms with Crippen molar-refractivity contribution in [3.63, 3.8) is 0 Å². The van der Waals surface area contributed by atoms with Crippen LogP contribution < -0.4 is 9.62 Å². The summed E-state index contributed by atoms with van der Waals surface area (Å²) in [5.41, 5.74) is 2.96. The van der Waals surface area contributed by atoms with Gasteiger partial charge in [0.2, 0.25) is 21.8 Å². The van der Waals surface area contributed by atoms with E-state index in [0.717, 1.165) is 33.7 Å². The summed E-state index contributed by atoms with van der Waals surface area (Å²) in [6, 6.07) is 11.5. The number of aryl methyl sites for hydroxylation is 2. The van der Waals surface area contributed by atoms with Gasteiger partial charge in [0.05, 0.1) is 11.9 Å². The number of halogens is 1. The second kappa shape index (κ2) is 11.7. The molecule has 0 radical (unpaired) electrons. The maximum absolute atomic E-state index is 13.5. The van der Waals surface area contributed by atoms with Gasteiger partial charge in [-0.05, 0) is 75.1 Å². The fraction of sp³-hybridized carbons (Fsp3) is 0.440. The molecular formula is C25H34ClN3O4S. The predicted octanol–water partition coefficient (Wildman–Crippen LogP) is 4.05. The molecule has 0 aliphatic carbocycles. The third kappa shape index (κ3) is 7.74. The third-order valence-corrected chi connectivity index (χ3v) is 7.00. The number of carbonyl (C=O) groups is 2. The highest BCUT2D eigenvalue weighted by Crippen LogP contribution is 2.22. The molecule has 9 heteroatoms. The zero-order chi connectivity index (χ0) is 25.6. The summed E-state index contributed by atoms with van der Waals surface area (Å²) in [6.07, 6.45) is 1.82. The van der Waals surface area contributed by atoms with Crippen molar-refractivity contribution in [2.45, 2.75) is 59.7 Å². The number of benzene rings is 2. The van der Waals surface area contributed by atoms with Crippen molar-refractivity contribution >= 4 is 39.1 Å². The number of carbonyl (C=O) groups excluding carboxylic acids is 2. The lowest BCUT2D eigenvalue weighted by Crippen LogP contribution is -2.52. The first-order valence-corrected chi connectivity index (χ1v) is 13.4. The van der Waals surface area contributed by atoms with Crippen LogP contribution in [0.25, 0.3) is 0 Å². The van der Waals surface area contributed by atoms with Gasteiger partial charge >= 0.3 is 0 Å². The smallest absolute Gasteiger partial charge is 0.244 e. The van der Waals surface area contributed by atoms with E-state index < -0.39 is 28.5 Å². The van der Waals surface area contributed by atoms with Crippen molar-refractivity contribution in [1.82, 2.24) is 10.2 Å². The summed E-state index contributed by atoms with van der Waals surface area (Å²) in [7, 11) is -3.76. The standard InChI is InChI=1S/C25H34ClN3O4S/c1-7-19(4)27-25(31)20(5)28(15-21-8-10-22(26)11-9-21)24(30)16-29(34(6,32)33)23-13-17(2)12-18(3)14-23/h8-14,19-20H,7,15-16H2,1-6H3,(H,27,31)/t19-,20+/m1/s1. The van der Waals surface area contributed by atoms with Gasteiger partial charge in [-0.2, -0.15) is 0 Å². The number of amides is 2. The highest BCUT2D eigenvalue weighted by molar-refractivity contribution is 7.92. The van der Waals surface area contributed by atoms with Crippen LogP contribution in [0.4, 0.5) is 5.69 Å². The van der Waals surface area contributed by atoms with Crippen molar-refractivity contribution in [2.24, 2.45) is 0 Å². The Labute approximate surface area is 208 Å². The summed E-state index contributed by atoms with van der Waals surface area (Å²) in [5.74, 6) is -0.777. The van der Waals surface area contributed by atoms with E-state index in [9.17, 15) is 18.0 Å². The minimum absolute atomic E-state index is 0.0507. The molecule has 0 spiro atoms. The Morgan fingerprint density at radius 2 is 1.59 bits per heavy atom. The minimum Gasteiger partial charge on any atom is -0.352 e. The largest absolute Gasteiger partial charge is 0.352 e. The van der Waals surface area contributed by atoms with E-state index in [4.69, 9.17) is 11.6 Å². The highest BCUT2D eigenvalue weighted by atomic mass is 35.5. The zero-order valence-corrected chi connectivity index (χ0v) is 22.2. The molecule has 0 aromatic heterocycles. The van der Waals surface area contributed by atoms with Crippen LogP contribution >= 0.6 is 11.6 Å². The van der Waals surface area contributed by atoms with Crippen molar-refractivity contribution < 1.29 is 18.0 Å². The molecule has 2 rings (SSSR count). The highest BCUT2D eigenvalue weighted by Gasteiger charge is 2.30. The monoisotopic (exact) mass is 507 g/mol. The van der Waals surface area contributed by atoms with Crippen molar-refractivity contribution in [2.75, 3.05) is 17.1 Å². The lowest BCUT2D eigenvalue weighted by molar-refractivity contribution is -0.139. The molecule has 0 bridgehead atoms. The number of rotatable bonds is 10. The molecule has 0 heterocycles. The SMILES string of the molecule is CC[C@@H](C)NC(=O)[C@H](C)N(Cc1ccc(Cl)cc1)C(=O)CN(c1cc(C)cc(C)c1)S(C)(=O)=O. The van der Waals surface area contributed by atoms with Gasteiger partial charge in [0.1, 0.15) is 12.6 Å². The van der Waals surface area contributed by atoms with Gasteiger partial charge in [-0.25, -0.2) is 8.42 Å². The maximum Gasteiger partial charge on any atom is 0.244 e. The molecule has 34 heavy (non-hydrogen) atoms. The van der Waals surface area contributed by atoms with E-state index in [0.29, 0.717) is 10.7 Å². The molecule has 2 aromatic rings. The van der Waals surface area contributed by atoms with Crippen LogP contribution in [0.1, 0.15) is 43.9 Å². The Morgan fingerprint density at radius 3 is 2.09 bits per heavy atom. The molecule has 2 amide bonds.